The first-order valence-corrected chi connectivity index (χ1v) is 9.05. The molecule has 0 aliphatic heterocycles. The van der Waals surface area contributed by atoms with Crippen molar-refractivity contribution in [3.05, 3.63) is 82.9 Å². The van der Waals surface area contributed by atoms with Crippen LogP contribution < -0.4 is 5.48 Å². The van der Waals surface area contributed by atoms with Gasteiger partial charge in [0.15, 0.2) is 5.69 Å². The smallest absolute Gasteiger partial charge is 0.269 e. The molecule has 0 saturated heterocycles. The van der Waals surface area contributed by atoms with Crippen molar-refractivity contribution in [2.24, 2.45) is 0 Å². The summed E-state index contributed by atoms with van der Waals surface area (Å²) < 4.78 is 15.0. The van der Waals surface area contributed by atoms with Crippen molar-refractivity contribution in [3.63, 3.8) is 0 Å². The zero-order valence-corrected chi connectivity index (χ0v) is 14.8. The summed E-state index contributed by atoms with van der Waals surface area (Å²) in [6, 6.07) is 15.8. The third-order valence-electron chi connectivity index (χ3n) is 4.71. The van der Waals surface area contributed by atoms with Crippen LogP contribution in [0.3, 0.4) is 0 Å². The predicted octanol–water partition coefficient (Wildman–Crippen LogP) is 3.75. The number of nitrogens with one attached hydrogen (secondary N) is 1. The van der Waals surface area contributed by atoms with Gasteiger partial charge in [0, 0.05) is 11.3 Å². The number of fused-ring (bicyclic) bond motifs is 1. The Bertz CT molecular complexity index is 936. The number of benzene rings is 2. The highest BCUT2D eigenvalue weighted by Gasteiger charge is 2.25. The summed E-state index contributed by atoms with van der Waals surface area (Å²) in [5.74, 6) is -0.656. The number of rotatable bonds is 5. The van der Waals surface area contributed by atoms with E-state index in [2.05, 4.69) is 10.6 Å². The van der Waals surface area contributed by atoms with Crippen LogP contribution in [-0.4, -0.2) is 15.7 Å². The minimum absolute atomic E-state index is 0.285. The fourth-order valence-electron chi connectivity index (χ4n) is 3.38. The summed E-state index contributed by atoms with van der Waals surface area (Å²) in [5.41, 5.74) is 6.56. The summed E-state index contributed by atoms with van der Waals surface area (Å²) in [7, 11) is 0. The summed E-state index contributed by atoms with van der Waals surface area (Å²) in [6.07, 6.45) is 3.72. The Morgan fingerprint density at radius 2 is 1.81 bits per heavy atom. The van der Waals surface area contributed by atoms with Crippen molar-refractivity contribution in [3.8, 4) is 5.69 Å². The highest BCUT2D eigenvalue weighted by atomic mass is 19.1. The molecule has 0 fully saturated rings. The van der Waals surface area contributed by atoms with Crippen LogP contribution >= 0.6 is 0 Å². The SMILES string of the molecule is O=C(NOCc1ccccc1)c1nn(-c2ccc(F)cc2)c2c1CCCC2. The molecular weight excluding hydrogens is 345 g/mol. The Kier molecular flexibility index (Phi) is 4.98. The van der Waals surface area contributed by atoms with Crippen molar-refractivity contribution in [2.45, 2.75) is 32.3 Å². The second kappa shape index (κ2) is 7.72. The molecule has 27 heavy (non-hydrogen) atoms. The van der Waals surface area contributed by atoms with Gasteiger partial charge in [0.25, 0.3) is 5.91 Å². The average molecular weight is 365 g/mol. The van der Waals surface area contributed by atoms with Crippen LogP contribution in [0.4, 0.5) is 4.39 Å². The van der Waals surface area contributed by atoms with Crippen LogP contribution in [0.15, 0.2) is 54.6 Å². The topological polar surface area (TPSA) is 56.1 Å². The van der Waals surface area contributed by atoms with E-state index in [9.17, 15) is 9.18 Å². The van der Waals surface area contributed by atoms with Gasteiger partial charge in [-0.05, 0) is 55.5 Å². The van der Waals surface area contributed by atoms with Crippen LogP contribution in [0.2, 0.25) is 0 Å². The standard InChI is InChI=1S/C21H20FN3O2/c22-16-10-12-17(13-11-16)25-19-9-5-4-8-18(19)20(23-25)21(26)24-27-14-15-6-2-1-3-7-15/h1-3,6-7,10-13H,4-5,8-9,14H2,(H,24,26). The lowest BCUT2D eigenvalue weighted by Gasteiger charge is -2.14. The maximum absolute atomic E-state index is 13.2. The molecule has 0 spiro atoms. The monoisotopic (exact) mass is 365 g/mol. The van der Waals surface area contributed by atoms with Gasteiger partial charge in [-0.15, -0.1) is 0 Å². The lowest BCUT2D eigenvalue weighted by molar-refractivity contribution is 0.0228. The fraction of sp³-hybridized carbons (Fsp3) is 0.238. The Hall–Kier alpha value is -2.99. The van der Waals surface area contributed by atoms with E-state index in [4.69, 9.17) is 4.84 Å². The van der Waals surface area contributed by atoms with E-state index < -0.39 is 0 Å². The van der Waals surface area contributed by atoms with Gasteiger partial charge < -0.3 is 0 Å². The molecule has 0 radical (unpaired) electrons. The summed E-state index contributed by atoms with van der Waals surface area (Å²) in [5, 5.41) is 4.52. The summed E-state index contributed by atoms with van der Waals surface area (Å²) in [6.45, 7) is 0.285. The molecule has 1 amide bonds. The number of hydroxylamine groups is 1. The number of aromatic nitrogens is 2. The van der Waals surface area contributed by atoms with Gasteiger partial charge in [-0.25, -0.2) is 14.6 Å². The van der Waals surface area contributed by atoms with Crippen molar-refractivity contribution < 1.29 is 14.0 Å². The van der Waals surface area contributed by atoms with Crippen molar-refractivity contribution in [1.29, 1.82) is 0 Å². The molecule has 0 unspecified atom stereocenters. The van der Waals surface area contributed by atoms with E-state index in [1.54, 1.807) is 16.8 Å². The zero-order valence-electron chi connectivity index (χ0n) is 14.8. The Labute approximate surface area is 156 Å². The van der Waals surface area contributed by atoms with Gasteiger partial charge >= 0.3 is 0 Å². The van der Waals surface area contributed by atoms with Gasteiger partial charge in [-0.3, -0.25) is 9.63 Å². The summed E-state index contributed by atoms with van der Waals surface area (Å²) in [4.78, 5) is 18.0. The van der Waals surface area contributed by atoms with E-state index in [0.29, 0.717) is 5.69 Å². The van der Waals surface area contributed by atoms with E-state index in [1.165, 1.54) is 12.1 Å². The highest BCUT2D eigenvalue weighted by molar-refractivity contribution is 5.93. The van der Waals surface area contributed by atoms with Gasteiger partial charge in [-0.1, -0.05) is 30.3 Å². The average Bonchev–Trinajstić information content (AvgIpc) is 3.09. The molecular formula is C21H20FN3O2. The van der Waals surface area contributed by atoms with Crippen LogP contribution in [0.5, 0.6) is 0 Å². The maximum Gasteiger partial charge on any atom is 0.295 e. The maximum atomic E-state index is 13.2. The van der Waals surface area contributed by atoms with Crippen molar-refractivity contribution >= 4 is 5.91 Å². The van der Waals surface area contributed by atoms with Gasteiger partial charge in [0.2, 0.25) is 0 Å². The molecule has 1 aliphatic rings. The van der Waals surface area contributed by atoms with Crippen LogP contribution in [0, 0.1) is 5.82 Å². The lowest BCUT2D eigenvalue weighted by atomic mass is 9.95. The van der Waals surface area contributed by atoms with E-state index in [-0.39, 0.29) is 18.3 Å². The van der Waals surface area contributed by atoms with Crippen molar-refractivity contribution in [2.75, 3.05) is 0 Å². The molecule has 138 valence electrons. The molecule has 6 heteroatoms. The Morgan fingerprint density at radius 3 is 2.59 bits per heavy atom. The van der Waals surface area contributed by atoms with Crippen molar-refractivity contribution in [1.82, 2.24) is 15.3 Å². The number of nitrogens with zero attached hydrogens (tertiary/aromatic N) is 2. The second-order valence-electron chi connectivity index (χ2n) is 6.57. The zero-order chi connectivity index (χ0) is 18.6. The third kappa shape index (κ3) is 3.75. The molecule has 0 saturated carbocycles. The quantitative estimate of drug-likeness (QED) is 0.701. The third-order valence-corrected chi connectivity index (χ3v) is 4.71. The normalized spacial score (nSPS) is 13.2. The molecule has 1 aliphatic carbocycles. The first kappa shape index (κ1) is 17.4. The molecule has 5 nitrogen and oxygen atoms in total. The number of hydrogen-bond acceptors (Lipinski definition) is 3. The molecule has 1 aromatic heterocycles. The molecule has 1 heterocycles. The highest BCUT2D eigenvalue weighted by Crippen LogP contribution is 2.27. The van der Waals surface area contributed by atoms with Gasteiger partial charge in [0.1, 0.15) is 5.82 Å². The Morgan fingerprint density at radius 1 is 1.07 bits per heavy atom. The van der Waals surface area contributed by atoms with E-state index >= 15 is 0 Å². The first-order chi connectivity index (χ1) is 13.2. The lowest BCUT2D eigenvalue weighted by Crippen LogP contribution is -2.25. The fourth-order valence-corrected chi connectivity index (χ4v) is 3.38. The van der Waals surface area contributed by atoms with Gasteiger partial charge in [0.05, 0.1) is 12.3 Å². The Balaban J connectivity index is 1.55. The number of carbonyl (C=O) groups is 1. The molecule has 1 N–H and O–H groups in total. The van der Waals surface area contributed by atoms with Gasteiger partial charge in [-0.2, -0.15) is 5.10 Å². The van der Waals surface area contributed by atoms with Crippen LogP contribution in [0.25, 0.3) is 5.69 Å². The number of hydrogen-bond donors (Lipinski definition) is 1. The number of amides is 1. The first-order valence-electron chi connectivity index (χ1n) is 9.05. The molecule has 2 aromatic carbocycles. The number of halogens is 1. The predicted molar refractivity (Wildman–Crippen MR) is 98.9 cm³/mol. The van der Waals surface area contributed by atoms with E-state index in [0.717, 1.165) is 48.2 Å². The minimum Gasteiger partial charge on any atom is -0.269 e. The number of carbonyl (C=O) groups excluding carboxylic acids is 1. The van der Waals surface area contributed by atoms with Crippen LogP contribution in [0.1, 0.15) is 40.2 Å². The minimum atomic E-state index is -0.357. The van der Waals surface area contributed by atoms with E-state index in [1.807, 2.05) is 30.3 Å². The molecule has 0 atom stereocenters. The molecule has 4 rings (SSSR count). The largest absolute Gasteiger partial charge is 0.295 e. The molecule has 3 aromatic rings. The van der Waals surface area contributed by atoms with Crippen LogP contribution in [-0.2, 0) is 24.3 Å². The summed E-state index contributed by atoms with van der Waals surface area (Å²) >= 11 is 0. The molecule has 0 bridgehead atoms. The second-order valence-corrected chi connectivity index (χ2v) is 6.57.